The Balaban J connectivity index is 0.00000288. The summed E-state index contributed by atoms with van der Waals surface area (Å²) in [5, 5.41) is 8.83. The first kappa shape index (κ1) is 21.0. The van der Waals surface area contributed by atoms with Crippen LogP contribution in [-0.2, 0) is 13.0 Å². The third kappa shape index (κ3) is 7.65. The molecule has 0 atom stereocenters. The van der Waals surface area contributed by atoms with Crippen molar-refractivity contribution in [2.75, 3.05) is 19.6 Å². The van der Waals surface area contributed by atoms with Crippen LogP contribution < -0.4 is 10.6 Å². The first-order chi connectivity index (χ1) is 11.3. The van der Waals surface area contributed by atoms with E-state index < -0.39 is 0 Å². The molecule has 0 amide bonds. The van der Waals surface area contributed by atoms with Gasteiger partial charge in [0.15, 0.2) is 5.96 Å². The zero-order valence-corrected chi connectivity index (χ0v) is 17.6. The van der Waals surface area contributed by atoms with Crippen molar-refractivity contribution in [3.05, 3.63) is 40.6 Å². The number of rotatable bonds is 9. The highest BCUT2D eigenvalue weighted by molar-refractivity contribution is 14.0. The molecule has 0 fully saturated rings. The zero-order valence-electron chi connectivity index (χ0n) is 14.5. The number of aryl methyl sites for hydroxylation is 2. The monoisotopic (exact) mass is 461 g/mol. The number of thiophene rings is 1. The Bertz CT molecular complexity index is 580. The molecule has 0 aliphatic heterocycles. The predicted molar refractivity (Wildman–Crippen MR) is 114 cm³/mol. The van der Waals surface area contributed by atoms with Gasteiger partial charge in [-0.05, 0) is 44.6 Å². The number of halogens is 1. The summed E-state index contributed by atoms with van der Waals surface area (Å²) in [7, 11) is 0. The van der Waals surface area contributed by atoms with Crippen LogP contribution in [0.2, 0.25) is 0 Å². The van der Waals surface area contributed by atoms with Gasteiger partial charge in [0.05, 0.1) is 0 Å². The lowest BCUT2D eigenvalue weighted by Gasteiger charge is -2.11. The van der Waals surface area contributed by atoms with E-state index in [1.165, 1.54) is 4.88 Å². The molecule has 0 aliphatic carbocycles. The van der Waals surface area contributed by atoms with Crippen LogP contribution in [0.1, 0.15) is 30.5 Å². The Kier molecular flexibility index (Phi) is 10.7. The second kappa shape index (κ2) is 12.3. The van der Waals surface area contributed by atoms with Crippen LogP contribution in [0, 0.1) is 6.92 Å². The molecule has 24 heavy (non-hydrogen) atoms. The Labute approximate surface area is 166 Å². The zero-order chi connectivity index (χ0) is 16.3. The molecule has 134 valence electrons. The summed E-state index contributed by atoms with van der Waals surface area (Å²) in [4.78, 5) is 10.3. The Morgan fingerprint density at radius 1 is 1.33 bits per heavy atom. The number of unbranched alkanes of at least 4 members (excludes halogenated alkanes) is 1. The highest BCUT2D eigenvalue weighted by Crippen LogP contribution is 2.08. The predicted octanol–water partition coefficient (Wildman–Crippen LogP) is 3.45. The van der Waals surface area contributed by atoms with Crippen molar-refractivity contribution in [1.82, 2.24) is 20.2 Å². The minimum atomic E-state index is 0. The summed E-state index contributed by atoms with van der Waals surface area (Å²) in [6.45, 7) is 7.81. The van der Waals surface area contributed by atoms with Crippen molar-refractivity contribution in [3.63, 3.8) is 0 Å². The SMILES string of the molecule is CCNC(=NCCCCn1ccnc1C)NCCc1cccs1.I. The molecule has 2 rings (SSSR count). The van der Waals surface area contributed by atoms with Crippen molar-refractivity contribution < 1.29 is 0 Å². The molecular formula is C17H28IN5S. The van der Waals surface area contributed by atoms with Gasteiger partial charge in [0.2, 0.25) is 0 Å². The normalized spacial score (nSPS) is 11.2. The van der Waals surface area contributed by atoms with Gasteiger partial charge in [0.1, 0.15) is 5.82 Å². The van der Waals surface area contributed by atoms with Crippen molar-refractivity contribution in [1.29, 1.82) is 0 Å². The molecule has 2 N–H and O–H groups in total. The van der Waals surface area contributed by atoms with E-state index in [2.05, 4.69) is 49.6 Å². The fourth-order valence-electron chi connectivity index (χ4n) is 2.33. The van der Waals surface area contributed by atoms with Gasteiger partial charge >= 0.3 is 0 Å². The van der Waals surface area contributed by atoms with E-state index in [0.717, 1.165) is 57.2 Å². The van der Waals surface area contributed by atoms with E-state index in [9.17, 15) is 0 Å². The number of hydrogen-bond acceptors (Lipinski definition) is 3. The maximum Gasteiger partial charge on any atom is 0.191 e. The molecule has 0 saturated heterocycles. The maximum absolute atomic E-state index is 4.65. The molecule has 2 aromatic heterocycles. The average molecular weight is 461 g/mol. The summed E-state index contributed by atoms with van der Waals surface area (Å²) >= 11 is 1.80. The number of hydrogen-bond donors (Lipinski definition) is 2. The fourth-order valence-corrected chi connectivity index (χ4v) is 3.03. The maximum atomic E-state index is 4.65. The Morgan fingerprint density at radius 3 is 2.88 bits per heavy atom. The number of aromatic nitrogens is 2. The third-order valence-corrected chi connectivity index (χ3v) is 4.53. The van der Waals surface area contributed by atoms with Crippen molar-refractivity contribution in [2.24, 2.45) is 4.99 Å². The summed E-state index contributed by atoms with van der Waals surface area (Å²) in [6, 6.07) is 4.27. The van der Waals surface area contributed by atoms with E-state index >= 15 is 0 Å². The highest BCUT2D eigenvalue weighted by Gasteiger charge is 1.99. The molecule has 7 heteroatoms. The number of guanidine groups is 1. The molecule has 0 spiro atoms. The fraction of sp³-hybridized carbons (Fsp3) is 0.529. The van der Waals surface area contributed by atoms with Crippen LogP contribution in [-0.4, -0.2) is 35.1 Å². The van der Waals surface area contributed by atoms with Crippen molar-refractivity contribution in [3.8, 4) is 0 Å². The second-order valence-corrected chi connectivity index (χ2v) is 6.42. The van der Waals surface area contributed by atoms with Crippen LogP contribution in [0.25, 0.3) is 0 Å². The van der Waals surface area contributed by atoms with Gasteiger partial charge in [-0.2, -0.15) is 0 Å². The van der Waals surface area contributed by atoms with Crippen LogP contribution >= 0.6 is 35.3 Å². The average Bonchev–Trinajstić information content (AvgIpc) is 3.19. The van der Waals surface area contributed by atoms with Gasteiger partial charge in [-0.1, -0.05) is 6.07 Å². The first-order valence-corrected chi connectivity index (χ1v) is 9.20. The van der Waals surface area contributed by atoms with E-state index in [4.69, 9.17) is 0 Å². The van der Waals surface area contributed by atoms with E-state index in [1.54, 1.807) is 11.3 Å². The summed E-state index contributed by atoms with van der Waals surface area (Å²) in [5.74, 6) is 2.00. The summed E-state index contributed by atoms with van der Waals surface area (Å²) in [5.41, 5.74) is 0. The number of imidazole rings is 1. The van der Waals surface area contributed by atoms with Gasteiger partial charge in [0, 0.05) is 43.4 Å². The standard InChI is InChI=1S/C17H27N5S.HI/c1-3-18-17(21-10-8-16-7-6-14-23-16)20-9-4-5-12-22-13-11-19-15(22)2;/h6-7,11,13-14H,3-5,8-10,12H2,1-2H3,(H2,18,20,21);1H. The smallest absolute Gasteiger partial charge is 0.191 e. The van der Waals surface area contributed by atoms with Crippen LogP contribution in [0.15, 0.2) is 34.9 Å². The number of aliphatic imine (C=N–C) groups is 1. The first-order valence-electron chi connectivity index (χ1n) is 8.32. The lowest BCUT2D eigenvalue weighted by Crippen LogP contribution is -2.38. The van der Waals surface area contributed by atoms with E-state index in [0.29, 0.717) is 0 Å². The lowest BCUT2D eigenvalue weighted by atomic mass is 10.3. The largest absolute Gasteiger partial charge is 0.357 e. The van der Waals surface area contributed by atoms with Gasteiger partial charge in [-0.15, -0.1) is 35.3 Å². The summed E-state index contributed by atoms with van der Waals surface area (Å²) < 4.78 is 2.19. The Morgan fingerprint density at radius 2 is 2.21 bits per heavy atom. The molecule has 0 saturated carbocycles. The lowest BCUT2D eigenvalue weighted by molar-refractivity contribution is 0.600. The van der Waals surface area contributed by atoms with Crippen LogP contribution in [0.3, 0.4) is 0 Å². The third-order valence-electron chi connectivity index (χ3n) is 3.59. The van der Waals surface area contributed by atoms with Crippen molar-refractivity contribution in [2.45, 2.75) is 39.7 Å². The number of nitrogens with zero attached hydrogens (tertiary/aromatic N) is 3. The minimum Gasteiger partial charge on any atom is -0.357 e. The minimum absolute atomic E-state index is 0. The summed E-state index contributed by atoms with van der Waals surface area (Å²) in [6.07, 6.45) is 7.14. The Hall–Kier alpha value is -1.09. The second-order valence-electron chi connectivity index (χ2n) is 5.39. The van der Waals surface area contributed by atoms with Gasteiger partial charge < -0.3 is 15.2 Å². The number of nitrogens with one attached hydrogen (secondary N) is 2. The topological polar surface area (TPSA) is 54.2 Å². The van der Waals surface area contributed by atoms with E-state index in [-0.39, 0.29) is 24.0 Å². The molecular weight excluding hydrogens is 433 g/mol. The molecule has 0 bridgehead atoms. The molecule has 0 aromatic carbocycles. The quantitative estimate of drug-likeness (QED) is 0.260. The van der Waals surface area contributed by atoms with Gasteiger partial charge in [0.25, 0.3) is 0 Å². The molecule has 0 unspecified atom stereocenters. The molecule has 0 aliphatic rings. The van der Waals surface area contributed by atoms with Crippen molar-refractivity contribution >= 4 is 41.3 Å². The van der Waals surface area contributed by atoms with Crippen LogP contribution in [0.4, 0.5) is 0 Å². The van der Waals surface area contributed by atoms with E-state index in [1.807, 2.05) is 19.3 Å². The van der Waals surface area contributed by atoms with Gasteiger partial charge in [-0.3, -0.25) is 4.99 Å². The van der Waals surface area contributed by atoms with Gasteiger partial charge in [-0.25, -0.2) is 4.98 Å². The molecule has 5 nitrogen and oxygen atoms in total. The molecule has 2 heterocycles. The van der Waals surface area contributed by atoms with Crippen LogP contribution in [0.5, 0.6) is 0 Å². The molecule has 2 aromatic rings. The highest BCUT2D eigenvalue weighted by atomic mass is 127. The molecule has 0 radical (unpaired) electrons.